The number of hydrogen-bond acceptors (Lipinski definition) is 4. The molecule has 0 saturated carbocycles. The number of nitrogens with one attached hydrogen (secondary N) is 1. The maximum absolute atomic E-state index is 13.6. The number of nitrogens with zero attached hydrogens (tertiary/aromatic N) is 1. The highest BCUT2D eigenvalue weighted by Crippen LogP contribution is 2.23. The molecule has 0 aliphatic carbocycles. The SMILES string of the molecule is Cc1cc(F)c(NS(=O)(=O)c2cccnc2N)cc1F. The summed E-state index contributed by atoms with van der Waals surface area (Å²) in [6.07, 6.45) is 1.32. The van der Waals surface area contributed by atoms with Gasteiger partial charge in [-0.25, -0.2) is 22.2 Å². The van der Waals surface area contributed by atoms with Crippen LogP contribution in [-0.4, -0.2) is 13.4 Å². The van der Waals surface area contributed by atoms with Gasteiger partial charge in [0, 0.05) is 12.3 Å². The number of anilines is 2. The Morgan fingerprint density at radius 2 is 1.95 bits per heavy atom. The van der Waals surface area contributed by atoms with Gasteiger partial charge < -0.3 is 5.73 Å². The predicted octanol–water partition coefficient (Wildman–Crippen LogP) is 2.05. The number of hydrogen-bond donors (Lipinski definition) is 2. The van der Waals surface area contributed by atoms with Crippen molar-refractivity contribution >= 4 is 21.5 Å². The van der Waals surface area contributed by atoms with Crippen LogP contribution in [0.4, 0.5) is 20.3 Å². The third-order valence-corrected chi connectivity index (χ3v) is 3.99. The van der Waals surface area contributed by atoms with E-state index in [0.717, 1.165) is 12.1 Å². The van der Waals surface area contributed by atoms with E-state index in [1.807, 2.05) is 4.72 Å². The van der Waals surface area contributed by atoms with Crippen LogP contribution in [0.25, 0.3) is 0 Å². The molecule has 1 aromatic carbocycles. The molecular formula is C12H11F2N3O2S. The van der Waals surface area contributed by atoms with Gasteiger partial charge >= 0.3 is 0 Å². The molecule has 0 aliphatic rings. The summed E-state index contributed by atoms with van der Waals surface area (Å²) < 4.78 is 53.1. The number of sulfonamides is 1. The van der Waals surface area contributed by atoms with Crippen LogP contribution in [0, 0.1) is 18.6 Å². The maximum atomic E-state index is 13.6. The van der Waals surface area contributed by atoms with Crippen molar-refractivity contribution in [2.45, 2.75) is 11.8 Å². The molecule has 2 aromatic rings. The number of benzene rings is 1. The first-order valence-electron chi connectivity index (χ1n) is 5.50. The van der Waals surface area contributed by atoms with Crippen LogP contribution < -0.4 is 10.5 Å². The molecule has 0 unspecified atom stereocenters. The van der Waals surface area contributed by atoms with Gasteiger partial charge in [0.15, 0.2) is 0 Å². The first-order chi connectivity index (χ1) is 9.31. The minimum atomic E-state index is -4.14. The van der Waals surface area contributed by atoms with Crippen molar-refractivity contribution < 1.29 is 17.2 Å². The number of halogens is 2. The molecule has 2 rings (SSSR count). The summed E-state index contributed by atoms with van der Waals surface area (Å²) in [4.78, 5) is 3.33. The number of rotatable bonds is 3. The Bertz CT molecular complexity index is 763. The van der Waals surface area contributed by atoms with Gasteiger partial charge in [0.05, 0.1) is 5.69 Å². The number of aromatic nitrogens is 1. The topological polar surface area (TPSA) is 85.1 Å². The molecule has 0 saturated heterocycles. The lowest BCUT2D eigenvalue weighted by molar-refractivity contribution is 0.590. The summed E-state index contributed by atoms with van der Waals surface area (Å²) in [5.41, 5.74) is 5.04. The lowest BCUT2D eigenvalue weighted by Gasteiger charge is -2.11. The molecule has 1 aromatic heterocycles. The Morgan fingerprint density at radius 1 is 1.25 bits per heavy atom. The average Bonchev–Trinajstić information content (AvgIpc) is 2.36. The summed E-state index contributed by atoms with van der Waals surface area (Å²) in [6, 6.07) is 4.26. The normalized spacial score (nSPS) is 11.3. The fourth-order valence-electron chi connectivity index (χ4n) is 1.55. The molecule has 0 aliphatic heterocycles. The van der Waals surface area contributed by atoms with Crippen LogP contribution in [0.15, 0.2) is 35.4 Å². The molecule has 0 atom stereocenters. The van der Waals surface area contributed by atoms with Gasteiger partial charge in [0.25, 0.3) is 10.0 Å². The molecule has 106 valence electrons. The van der Waals surface area contributed by atoms with Crippen molar-refractivity contribution in [3.63, 3.8) is 0 Å². The van der Waals surface area contributed by atoms with Gasteiger partial charge in [-0.2, -0.15) is 0 Å². The van der Waals surface area contributed by atoms with Crippen LogP contribution in [-0.2, 0) is 10.0 Å². The summed E-state index contributed by atoms with van der Waals surface area (Å²) in [5, 5.41) is 0. The Labute approximate surface area is 114 Å². The molecule has 0 spiro atoms. The Balaban J connectivity index is 2.44. The van der Waals surface area contributed by atoms with Crippen LogP contribution in [0.2, 0.25) is 0 Å². The van der Waals surface area contributed by atoms with Gasteiger partial charge in [-0.15, -0.1) is 0 Å². The highest BCUT2D eigenvalue weighted by atomic mass is 32.2. The van der Waals surface area contributed by atoms with E-state index >= 15 is 0 Å². The Morgan fingerprint density at radius 3 is 2.60 bits per heavy atom. The standard InChI is InChI=1S/C12H11F2N3O2S/c1-7-5-9(14)10(6-8(7)13)17-20(18,19)11-3-2-4-16-12(11)15/h2-6,17H,1H3,(H2,15,16). The zero-order chi connectivity index (χ0) is 14.9. The average molecular weight is 299 g/mol. The zero-order valence-corrected chi connectivity index (χ0v) is 11.2. The van der Waals surface area contributed by atoms with Gasteiger partial charge in [-0.3, -0.25) is 4.72 Å². The van der Waals surface area contributed by atoms with E-state index < -0.39 is 27.3 Å². The molecular weight excluding hydrogens is 288 g/mol. The highest BCUT2D eigenvalue weighted by molar-refractivity contribution is 7.92. The molecule has 0 amide bonds. The second-order valence-electron chi connectivity index (χ2n) is 4.07. The fraction of sp³-hybridized carbons (Fsp3) is 0.0833. The lowest BCUT2D eigenvalue weighted by Crippen LogP contribution is -2.16. The Kier molecular flexibility index (Phi) is 3.58. The van der Waals surface area contributed by atoms with Crippen LogP contribution in [0.5, 0.6) is 0 Å². The molecule has 3 N–H and O–H groups in total. The van der Waals surface area contributed by atoms with Crippen molar-refractivity contribution in [2.24, 2.45) is 0 Å². The smallest absolute Gasteiger partial charge is 0.265 e. The number of nitrogen functional groups attached to an aromatic ring is 1. The number of pyridine rings is 1. The van der Waals surface area contributed by atoms with Gasteiger partial charge in [0.2, 0.25) is 0 Å². The Hall–Kier alpha value is -2.22. The summed E-state index contributed by atoms with van der Waals surface area (Å²) in [7, 11) is -4.14. The largest absolute Gasteiger partial charge is 0.383 e. The van der Waals surface area contributed by atoms with Crippen LogP contribution in [0.3, 0.4) is 0 Å². The minimum Gasteiger partial charge on any atom is -0.383 e. The van der Waals surface area contributed by atoms with Crippen molar-refractivity contribution in [3.8, 4) is 0 Å². The first-order valence-corrected chi connectivity index (χ1v) is 6.98. The number of aryl methyl sites for hydroxylation is 1. The van der Waals surface area contributed by atoms with Gasteiger partial charge in [-0.05, 0) is 30.7 Å². The third-order valence-electron chi connectivity index (χ3n) is 2.58. The molecule has 0 radical (unpaired) electrons. The number of nitrogens with two attached hydrogens (primary N) is 1. The second kappa shape index (κ2) is 5.04. The minimum absolute atomic E-state index is 0.0753. The van der Waals surface area contributed by atoms with E-state index in [1.165, 1.54) is 25.3 Å². The van der Waals surface area contributed by atoms with Crippen molar-refractivity contribution in [3.05, 3.63) is 47.7 Å². The van der Waals surface area contributed by atoms with Crippen molar-refractivity contribution in [1.29, 1.82) is 0 Å². The second-order valence-corrected chi connectivity index (χ2v) is 5.72. The van der Waals surface area contributed by atoms with Gasteiger partial charge in [-0.1, -0.05) is 0 Å². The van der Waals surface area contributed by atoms with Crippen molar-refractivity contribution in [1.82, 2.24) is 4.98 Å². The van der Waals surface area contributed by atoms with E-state index in [0.29, 0.717) is 0 Å². The van der Waals surface area contributed by atoms with Crippen LogP contribution in [0.1, 0.15) is 5.56 Å². The highest BCUT2D eigenvalue weighted by Gasteiger charge is 2.20. The van der Waals surface area contributed by atoms with E-state index in [4.69, 9.17) is 5.73 Å². The molecule has 5 nitrogen and oxygen atoms in total. The zero-order valence-electron chi connectivity index (χ0n) is 10.4. The quantitative estimate of drug-likeness (QED) is 0.908. The first kappa shape index (κ1) is 14.2. The van der Waals surface area contributed by atoms with E-state index in [9.17, 15) is 17.2 Å². The molecule has 20 heavy (non-hydrogen) atoms. The summed E-state index contributed by atoms with van der Waals surface area (Å²) in [5.74, 6) is -1.83. The molecule has 1 heterocycles. The van der Waals surface area contributed by atoms with E-state index in [2.05, 4.69) is 4.98 Å². The molecule has 0 fully saturated rings. The van der Waals surface area contributed by atoms with E-state index in [1.54, 1.807) is 0 Å². The predicted molar refractivity (Wildman–Crippen MR) is 70.6 cm³/mol. The summed E-state index contributed by atoms with van der Waals surface area (Å²) in [6.45, 7) is 1.37. The molecule has 0 bridgehead atoms. The summed E-state index contributed by atoms with van der Waals surface area (Å²) >= 11 is 0. The lowest BCUT2D eigenvalue weighted by atomic mass is 10.2. The fourth-order valence-corrected chi connectivity index (χ4v) is 2.70. The van der Waals surface area contributed by atoms with Gasteiger partial charge in [0.1, 0.15) is 22.3 Å². The molecule has 8 heteroatoms. The maximum Gasteiger partial charge on any atom is 0.265 e. The third kappa shape index (κ3) is 2.69. The monoisotopic (exact) mass is 299 g/mol. The van der Waals surface area contributed by atoms with Crippen molar-refractivity contribution in [2.75, 3.05) is 10.5 Å². The van der Waals surface area contributed by atoms with Crippen LogP contribution >= 0.6 is 0 Å². The van der Waals surface area contributed by atoms with E-state index in [-0.39, 0.29) is 16.3 Å².